The van der Waals surface area contributed by atoms with E-state index in [-0.39, 0.29) is 24.9 Å². The third kappa shape index (κ3) is 3.93. The summed E-state index contributed by atoms with van der Waals surface area (Å²) < 4.78 is 5.23. The Morgan fingerprint density at radius 3 is 2.85 bits per heavy atom. The molecule has 1 aromatic carbocycles. The van der Waals surface area contributed by atoms with E-state index in [1.807, 2.05) is 37.3 Å². The molecule has 0 saturated carbocycles. The number of nitrogens with one attached hydrogen (secondary N) is 1. The molecule has 5 heteroatoms. The summed E-state index contributed by atoms with van der Waals surface area (Å²) in [6, 6.07) is 11.4. The van der Waals surface area contributed by atoms with E-state index in [4.69, 9.17) is 9.63 Å². The van der Waals surface area contributed by atoms with Crippen molar-refractivity contribution >= 4 is 5.91 Å². The van der Waals surface area contributed by atoms with Gasteiger partial charge in [-0.15, -0.1) is 0 Å². The zero-order valence-corrected chi connectivity index (χ0v) is 11.4. The second-order valence-electron chi connectivity index (χ2n) is 4.82. The number of aliphatic hydroxyl groups is 1. The van der Waals surface area contributed by atoms with Gasteiger partial charge < -0.3 is 14.9 Å². The maximum absolute atomic E-state index is 11.7. The van der Waals surface area contributed by atoms with Gasteiger partial charge in [-0.2, -0.15) is 0 Å². The van der Waals surface area contributed by atoms with Crippen molar-refractivity contribution in [3.8, 4) is 11.3 Å². The van der Waals surface area contributed by atoms with Crippen LogP contribution in [0.25, 0.3) is 11.3 Å². The summed E-state index contributed by atoms with van der Waals surface area (Å²) in [6.45, 7) is 2.38. The molecule has 2 aromatic rings. The molecule has 0 bridgehead atoms. The van der Waals surface area contributed by atoms with Gasteiger partial charge in [-0.05, 0) is 5.92 Å². The van der Waals surface area contributed by atoms with Crippen molar-refractivity contribution in [2.75, 3.05) is 13.2 Å². The number of hydrogen-bond donors (Lipinski definition) is 2. The minimum Gasteiger partial charge on any atom is -0.396 e. The van der Waals surface area contributed by atoms with Crippen molar-refractivity contribution in [1.29, 1.82) is 0 Å². The second kappa shape index (κ2) is 6.86. The Hall–Kier alpha value is -2.14. The standard InChI is InChI=1S/C15H18N2O3/c1-11(10-18)9-16-15(19)8-13-7-14(20-17-13)12-5-3-2-4-6-12/h2-7,11,18H,8-10H2,1H3,(H,16,19). The van der Waals surface area contributed by atoms with Gasteiger partial charge in [0.25, 0.3) is 0 Å². The highest BCUT2D eigenvalue weighted by molar-refractivity contribution is 5.78. The van der Waals surface area contributed by atoms with Crippen LogP contribution in [0.3, 0.4) is 0 Å². The van der Waals surface area contributed by atoms with Crippen LogP contribution in [0.5, 0.6) is 0 Å². The van der Waals surface area contributed by atoms with Crippen LogP contribution < -0.4 is 5.32 Å². The largest absolute Gasteiger partial charge is 0.396 e. The molecule has 1 unspecified atom stereocenters. The molecule has 0 aliphatic carbocycles. The Kier molecular flexibility index (Phi) is 4.90. The highest BCUT2D eigenvalue weighted by Gasteiger charge is 2.11. The molecule has 106 valence electrons. The fourth-order valence-corrected chi connectivity index (χ4v) is 1.71. The molecule has 2 N–H and O–H groups in total. The lowest BCUT2D eigenvalue weighted by molar-refractivity contribution is -0.120. The van der Waals surface area contributed by atoms with E-state index >= 15 is 0 Å². The summed E-state index contributed by atoms with van der Waals surface area (Å²) in [4.78, 5) is 11.7. The molecule has 0 saturated heterocycles. The molecule has 0 radical (unpaired) electrons. The Morgan fingerprint density at radius 2 is 2.15 bits per heavy atom. The van der Waals surface area contributed by atoms with Crippen molar-refractivity contribution in [2.24, 2.45) is 5.92 Å². The lowest BCUT2D eigenvalue weighted by atomic mass is 10.1. The number of carbonyl (C=O) groups is 1. The van der Waals surface area contributed by atoms with Gasteiger partial charge in [0.1, 0.15) is 0 Å². The lowest BCUT2D eigenvalue weighted by Gasteiger charge is -2.08. The van der Waals surface area contributed by atoms with Gasteiger partial charge in [0.2, 0.25) is 5.91 Å². The van der Waals surface area contributed by atoms with Gasteiger partial charge >= 0.3 is 0 Å². The summed E-state index contributed by atoms with van der Waals surface area (Å²) >= 11 is 0. The van der Waals surface area contributed by atoms with Crippen LogP contribution in [-0.2, 0) is 11.2 Å². The molecule has 20 heavy (non-hydrogen) atoms. The zero-order valence-electron chi connectivity index (χ0n) is 11.4. The smallest absolute Gasteiger partial charge is 0.226 e. The van der Waals surface area contributed by atoms with Crippen LogP contribution in [0.2, 0.25) is 0 Å². The molecule has 1 heterocycles. The van der Waals surface area contributed by atoms with Crippen LogP contribution in [0, 0.1) is 5.92 Å². The summed E-state index contributed by atoms with van der Waals surface area (Å²) in [5, 5.41) is 15.5. The average molecular weight is 274 g/mol. The molecule has 1 amide bonds. The minimum atomic E-state index is -0.127. The normalized spacial score (nSPS) is 12.1. The van der Waals surface area contributed by atoms with Crippen molar-refractivity contribution in [3.63, 3.8) is 0 Å². The van der Waals surface area contributed by atoms with Gasteiger partial charge in [0.05, 0.1) is 12.1 Å². The van der Waals surface area contributed by atoms with Crippen LogP contribution in [0.15, 0.2) is 40.9 Å². The molecular weight excluding hydrogens is 256 g/mol. The summed E-state index contributed by atoms with van der Waals surface area (Å²) in [5.74, 6) is 0.575. The van der Waals surface area contributed by atoms with Gasteiger partial charge in [0, 0.05) is 24.8 Å². The Bertz CT molecular complexity index is 551. The number of carbonyl (C=O) groups excluding carboxylic acids is 1. The molecule has 0 fully saturated rings. The van der Waals surface area contributed by atoms with E-state index < -0.39 is 0 Å². The highest BCUT2D eigenvalue weighted by atomic mass is 16.5. The van der Waals surface area contributed by atoms with E-state index in [0.717, 1.165) is 5.56 Å². The van der Waals surface area contributed by atoms with E-state index in [1.54, 1.807) is 6.07 Å². The molecule has 1 atom stereocenters. The summed E-state index contributed by atoms with van der Waals surface area (Å²) in [7, 11) is 0. The van der Waals surface area contributed by atoms with Crippen molar-refractivity contribution in [3.05, 3.63) is 42.1 Å². The number of rotatable bonds is 6. The number of aromatic nitrogens is 1. The number of hydrogen-bond acceptors (Lipinski definition) is 4. The third-order valence-electron chi connectivity index (χ3n) is 2.92. The SMILES string of the molecule is CC(CO)CNC(=O)Cc1cc(-c2ccccc2)on1. The van der Waals surface area contributed by atoms with Gasteiger partial charge in [0.15, 0.2) is 5.76 Å². The van der Waals surface area contributed by atoms with E-state index in [9.17, 15) is 4.79 Å². The molecular formula is C15H18N2O3. The highest BCUT2D eigenvalue weighted by Crippen LogP contribution is 2.19. The zero-order chi connectivity index (χ0) is 14.4. The molecule has 0 aliphatic rings. The predicted octanol–water partition coefficient (Wildman–Crippen LogP) is 1.63. The fourth-order valence-electron chi connectivity index (χ4n) is 1.71. The molecule has 1 aromatic heterocycles. The van der Waals surface area contributed by atoms with E-state index in [0.29, 0.717) is 18.0 Å². The first-order valence-corrected chi connectivity index (χ1v) is 6.57. The van der Waals surface area contributed by atoms with Crippen molar-refractivity contribution < 1.29 is 14.4 Å². The van der Waals surface area contributed by atoms with Crippen LogP contribution in [-0.4, -0.2) is 29.3 Å². The van der Waals surface area contributed by atoms with E-state index in [2.05, 4.69) is 10.5 Å². The maximum atomic E-state index is 11.7. The van der Waals surface area contributed by atoms with Crippen LogP contribution in [0.4, 0.5) is 0 Å². The first kappa shape index (κ1) is 14.3. The second-order valence-corrected chi connectivity index (χ2v) is 4.82. The molecule has 5 nitrogen and oxygen atoms in total. The topological polar surface area (TPSA) is 75.4 Å². The Balaban J connectivity index is 1.91. The van der Waals surface area contributed by atoms with Gasteiger partial charge in [-0.3, -0.25) is 4.79 Å². The number of benzene rings is 1. The lowest BCUT2D eigenvalue weighted by Crippen LogP contribution is -2.30. The monoisotopic (exact) mass is 274 g/mol. The van der Waals surface area contributed by atoms with Crippen molar-refractivity contribution in [2.45, 2.75) is 13.3 Å². The quantitative estimate of drug-likeness (QED) is 0.839. The van der Waals surface area contributed by atoms with Gasteiger partial charge in [-0.25, -0.2) is 0 Å². The minimum absolute atomic E-state index is 0.0520. The fraction of sp³-hybridized carbons (Fsp3) is 0.333. The van der Waals surface area contributed by atoms with Crippen LogP contribution in [0.1, 0.15) is 12.6 Å². The first-order valence-electron chi connectivity index (χ1n) is 6.57. The number of nitrogens with zero attached hydrogens (tertiary/aromatic N) is 1. The van der Waals surface area contributed by atoms with Gasteiger partial charge in [-0.1, -0.05) is 42.4 Å². The number of aliphatic hydroxyl groups excluding tert-OH is 1. The van der Waals surface area contributed by atoms with E-state index in [1.165, 1.54) is 0 Å². The Labute approximate surface area is 117 Å². The third-order valence-corrected chi connectivity index (χ3v) is 2.92. The average Bonchev–Trinajstić information content (AvgIpc) is 2.94. The summed E-state index contributed by atoms with van der Waals surface area (Å²) in [6.07, 6.45) is 0.175. The number of amides is 1. The molecule has 2 rings (SSSR count). The maximum Gasteiger partial charge on any atom is 0.226 e. The molecule has 0 spiro atoms. The Morgan fingerprint density at radius 1 is 1.40 bits per heavy atom. The van der Waals surface area contributed by atoms with Crippen molar-refractivity contribution in [1.82, 2.24) is 10.5 Å². The first-order chi connectivity index (χ1) is 9.69. The predicted molar refractivity (Wildman–Crippen MR) is 74.9 cm³/mol. The summed E-state index contributed by atoms with van der Waals surface area (Å²) in [5.41, 5.74) is 1.53. The molecule has 0 aliphatic heterocycles. The van der Waals surface area contributed by atoms with Crippen LogP contribution >= 0.6 is 0 Å².